The first kappa shape index (κ1) is 32.2. The van der Waals surface area contributed by atoms with Gasteiger partial charge in [-0.15, -0.1) is 0 Å². The van der Waals surface area contributed by atoms with Crippen LogP contribution in [0.5, 0.6) is 5.75 Å². The van der Waals surface area contributed by atoms with Crippen LogP contribution in [-0.4, -0.2) is 87.8 Å². The van der Waals surface area contributed by atoms with Gasteiger partial charge in [-0.2, -0.15) is 0 Å². The number of hydrogen-bond acceptors (Lipinski definition) is 6. The minimum absolute atomic E-state index is 0.0473. The largest absolute Gasteiger partial charge is 0.494 e. The Bertz CT molecular complexity index is 1340. The van der Waals surface area contributed by atoms with Gasteiger partial charge in [0.2, 0.25) is 17.7 Å². The van der Waals surface area contributed by atoms with Crippen LogP contribution < -0.4 is 9.64 Å². The van der Waals surface area contributed by atoms with E-state index in [4.69, 9.17) is 9.47 Å². The lowest BCUT2D eigenvalue weighted by molar-refractivity contribution is -0.158. The summed E-state index contributed by atoms with van der Waals surface area (Å²) in [6.45, 7) is 17.2. The molecule has 1 unspecified atom stereocenters. The molecule has 0 radical (unpaired) electrons. The Hall–Kier alpha value is -3.17. The highest BCUT2D eigenvalue weighted by Crippen LogP contribution is 2.58. The van der Waals surface area contributed by atoms with E-state index in [1.807, 2.05) is 74.2 Å². The van der Waals surface area contributed by atoms with Crippen LogP contribution in [0, 0.1) is 17.3 Å². The molecule has 0 bridgehead atoms. The number of fused-ring (bicyclic) bond motifs is 2. The Morgan fingerprint density at radius 3 is 2.20 bits per heavy atom. The first-order valence-corrected chi connectivity index (χ1v) is 16.0. The predicted octanol–water partition coefficient (Wildman–Crippen LogP) is 4.34. The molecule has 9 nitrogen and oxygen atoms in total. The molecule has 0 saturated carbocycles. The molecule has 4 aliphatic heterocycles. The lowest BCUT2D eigenvalue weighted by atomic mass is 9.74. The molecule has 1 aromatic carbocycles. The molecule has 1 spiro atoms. The van der Waals surface area contributed by atoms with Crippen LogP contribution in [-0.2, 0) is 19.1 Å². The maximum atomic E-state index is 14.8. The summed E-state index contributed by atoms with van der Waals surface area (Å²) < 4.78 is 12.6. The zero-order valence-electron chi connectivity index (χ0n) is 27.5. The fraction of sp³-hybridized carbons (Fsp3) is 0.629. The van der Waals surface area contributed by atoms with Gasteiger partial charge in [0.05, 0.1) is 36.7 Å². The lowest BCUT2D eigenvalue weighted by Crippen LogP contribution is -2.62. The van der Waals surface area contributed by atoms with E-state index >= 15 is 0 Å². The summed E-state index contributed by atoms with van der Waals surface area (Å²) in [5, 5.41) is 10.4. The molecule has 2 fully saturated rings. The van der Waals surface area contributed by atoms with E-state index in [-0.39, 0.29) is 29.7 Å². The molecular formula is C35H49N3O6. The summed E-state index contributed by atoms with van der Waals surface area (Å²) in [6.07, 6.45) is 8.80. The minimum atomic E-state index is -1.37. The maximum absolute atomic E-state index is 14.8. The SMILES string of the molecule is CCOc1ccc(N2CC=C[C@]3(C)O[C@]45C=CCN(C(C)(C)CC(C)(C)C)C(=O)C4N([C@@H](CC)CO)C(=O)[C@@H]5[C@@H]3C2=O)cc1. The lowest BCUT2D eigenvalue weighted by Gasteiger charge is -2.45. The number of hydrogen-bond donors (Lipinski definition) is 1. The van der Waals surface area contributed by atoms with E-state index < -0.39 is 40.7 Å². The highest BCUT2D eigenvalue weighted by Gasteiger charge is 2.75. The van der Waals surface area contributed by atoms with E-state index in [1.54, 1.807) is 9.80 Å². The molecule has 5 rings (SSSR count). The van der Waals surface area contributed by atoms with Crippen LogP contribution in [0.1, 0.15) is 68.2 Å². The number of ether oxygens (including phenoxy) is 2. The number of likely N-dealkylation sites (tertiary alicyclic amines) is 1. The van der Waals surface area contributed by atoms with Crippen molar-refractivity contribution in [1.82, 2.24) is 9.80 Å². The van der Waals surface area contributed by atoms with Crippen molar-refractivity contribution >= 4 is 23.4 Å². The van der Waals surface area contributed by atoms with Gasteiger partial charge in [0.1, 0.15) is 17.4 Å². The maximum Gasteiger partial charge on any atom is 0.249 e. The number of rotatable bonds is 8. The van der Waals surface area contributed by atoms with E-state index in [2.05, 4.69) is 34.6 Å². The third-order valence-corrected chi connectivity index (χ3v) is 9.72. The smallest absolute Gasteiger partial charge is 0.249 e. The van der Waals surface area contributed by atoms with Crippen molar-refractivity contribution in [3.8, 4) is 5.75 Å². The Morgan fingerprint density at radius 2 is 1.61 bits per heavy atom. The van der Waals surface area contributed by atoms with Gasteiger partial charge in [-0.05, 0) is 70.2 Å². The van der Waals surface area contributed by atoms with Crippen molar-refractivity contribution in [3.05, 3.63) is 48.6 Å². The van der Waals surface area contributed by atoms with Gasteiger partial charge >= 0.3 is 0 Å². The summed E-state index contributed by atoms with van der Waals surface area (Å²) in [7, 11) is 0. The first-order chi connectivity index (χ1) is 20.6. The monoisotopic (exact) mass is 607 g/mol. The normalized spacial score (nSPS) is 31.1. The molecule has 44 heavy (non-hydrogen) atoms. The number of carbonyl (C=O) groups excluding carboxylic acids is 3. The number of aliphatic hydroxyl groups excluding tert-OH is 1. The van der Waals surface area contributed by atoms with Crippen LogP contribution in [0.25, 0.3) is 0 Å². The summed E-state index contributed by atoms with van der Waals surface area (Å²) in [5.74, 6) is -1.88. The molecule has 1 aromatic rings. The predicted molar refractivity (Wildman–Crippen MR) is 169 cm³/mol. The number of nitrogens with zero attached hydrogens (tertiary/aromatic N) is 3. The average molecular weight is 608 g/mol. The average Bonchev–Trinajstić information content (AvgIpc) is 3.20. The number of anilines is 1. The van der Waals surface area contributed by atoms with Gasteiger partial charge in [-0.3, -0.25) is 14.4 Å². The van der Waals surface area contributed by atoms with E-state index in [0.29, 0.717) is 37.6 Å². The summed E-state index contributed by atoms with van der Waals surface area (Å²) in [4.78, 5) is 49.2. The molecular weight excluding hydrogens is 558 g/mol. The first-order valence-electron chi connectivity index (χ1n) is 16.0. The van der Waals surface area contributed by atoms with Gasteiger partial charge in [0, 0.05) is 24.3 Å². The van der Waals surface area contributed by atoms with Crippen LogP contribution in [0.15, 0.2) is 48.6 Å². The summed E-state index contributed by atoms with van der Waals surface area (Å²) >= 11 is 0. The number of aliphatic hydroxyl groups is 1. The topological polar surface area (TPSA) is 99.6 Å². The quantitative estimate of drug-likeness (QED) is 0.442. The van der Waals surface area contributed by atoms with Crippen molar-refractivity contribution < 1.29 is 29.0 Å². The van der Waals surface area contributed by atoms with Crippen LogP contribution >= 0.6 is 0 Å². The third-order valence-electron chi connectivity index (χ3n) is 9.72. The van der Waals surface area contributed by atoms with Gasteiger partial charge in [-0.25, -0.2) is 0 Å². The zero-order valence-corrected chi connectivity index (χ0v) is 27.5. The standard InChI is InChI=1S/C35H49N3O6/c1-9-23(21-39)38-28-31(42)37(33(6,7)22-32(3,4)5)20-12-18-35(28)27(30(38)41)26-29(40)36(19-11-17-34(26,8)44-35)24-13-15-25(16-14-24)43-10-2/h11-18,23,26-28,39H,9-10,19-22H2,1-8H3/t23-,26+,27-,28?,34-,35-/m0/s1. The van der Waals surface area contributed by atoms with Gasteiger partial charge in [0.25, 0.3) is 0 Å². The van der Waals surface area contributed by atoms with Crippen molar-refractivity contribution in [2.24, 2.45) is 17.3 Å². The molecule has 240 valence electrons. The highest BCUT2D eigenvalue weighted by atomic mass is 16.5. The van der Waals surface area contributed by atoms with Gasteiger partial charge < -0.3 is 29.3 Å². The molecule has 4 heterocycles. The molecule has 0 aromatic heterocycles. The molecule has 9 heteroatoms. The van der Waals surface area contributed by atoms with E-state index in [0.717, 1.165) is 6.42 Å². The Labute approximate surface area is 261 Å². The van der Waals surface area contributed by atoms with Crippen LogP contribution in [0.3, 0.4) is 0 Å². The van der Waals surface area contributed by atoms with Crippen molar-refractivity contribution in [2.45, 2.75) is 97.1 Å². The van der Waals surface area contributed by atoms with Crippen molar-refractivity contribution in [2.75, 3.05) is 31.2 Å². The van der Waals surface area contributed by atoms with Crippen LogP contribution in [0.4, 0.5) is 5.69 Å². The molecule has 6 atom stereocenters. The minimum Gasteiger partial charge on any atom is -0.494 e. The Morgan fingerprint density at radius 1 is 0.955 bits per heavy atom. The third kappa shape index (κ3) is 5.15. The number of benzene rings is 1. The van der Waals surface area contributed by atoms with Gasteiger partial charge in [0.15, 0.2) is 0 Å². The van der Waals surface area contributed by atoms with Gasteiger partial charge in [-0.1, -0.05) is 52.0 Å². The molecule has 0 aliphatic carbocycles. The summed E-state index contributed by atoms with van der Waals surface area (Å²) in [5.41, 5.74) is -2.37. The second-order valence-corrected chi connectivity index (χ2v) is 14.7. The zero-order chi connectivity index (χ0) is 32.2. The van der Waals surface area contributed by atoms with Crippen molar-refractivity contribution in [1.29, 1.82) is 0 Å². The Balaban J connectivity index is 1.61. The second-order valence-electron chi connectivity index (χ2n) is 14.7. The molecule has 1 N–H and O–H groups in total. The number of amides is 3. The van der Waals surface area contributed by atoms with Crippen LogP contribution in [0.2, 0.25) is 0 Å². The summed E-state index contributed by atoms with van der Waals surface area (Å²) in [6, 6.07) is 5.75. The molecule has 3 amide bonds. The number of carbonyl (C=O) groups is 3. The molecule has 2 saturated heterocycles. The fourth-order valence-electron chi connectivity index (χ4n) is 8.33. The Kier molecular flexibility index (Phi) is 8.29. The van der Waals surface area contributed by atoms with E-state index in [1.165, 1.54) is 0 Å². The highest BCUT2D eigenvalue weighted by molar-refractivity contribution is 6.04. The second kappa shape index (κ2) is 11.3. The van der Waals surface area contributed by atoms with Crippen molar-refractivity contribution in [3.63, 3.8) is 0 Å². The molecule has 4 aliphatic rings. The fourth-order valence-corrected chi connectivity index (χ4v) is 8.33. The van der Waals surface area contributed by atoms with E-state index in [9.17, 15) is 19.5 Å².